The minimum absolute atomic E-state index is 0.111. The zero-order valence-electron chi connectivity index (χ0n) is 12.6. The van der Waals surface area contributed by atoms with Crippen LogP contribution in [-0.2, 0) is 10.4 Å². The first kappa shape index (κ1) is 17.4. The van der Waals surface area contributed by atoms with Crippen molar-refractivity contribution in [3.8, 4) is 40.1 Å². The summed E-state index contributed by atoms with van der Waals surface area (Å²) in [4.78, 5) is 12.3. The second-order valence-electron chi connectivity index (χ2n) is 5.14. The van der Waals surface area contributed by atoms with E-state index in [-0.39, 0.29) is 11.3 Å². The number of benzene rings is 2. The molecule has 0 radical (unpaired) electrons. The van der Waals surface area contributed by atoms with E-state index in [9.17, 15) is 33.6 Å². The van der Waals surface area contributed by atoms with Crippen molar-refractivity contribution >= 4 is 21.4 Å². The van der Waals surface area contributed by atoms with E-state index in [1.54, 1.807) is 0 Å². The molecule has 0 saturated heterocycles. The molecule has 11 heteroatoms. The summed E-state index contributed by atoms with van der Waals surface area (Å²) >= 11 is 0. The van der Waals surface area contributed by atoms with E-state index in [0.717, 1.165) is 18.2 Å². The van der Waals surface area contributed by atoms with Crippen molar-refractivity contribution in [1.82, 2.24) is 0 Å². The van der Waals surface area contributed by atoms with Crippen molar-refractivity contribution < 1.29 is 42.0 Å². The van der Waals surface area contributed by atoms with Gasteiger partial charge in [0.05, 0.1) is 0 Å². The van der Waals surface area contributed by atoms with Gasteiger partial charge in [-0.1, -0.05) is 0 Å². The van der Waals surface area contributed by atoms with Gasteiger partial charge in [0.25, 0.3) is 0 Å². The zero-order chi connectivity index (χ0) is 19.2. The van der Waals surface area contributed by atoms with E-state index in [0.29, 0.717) is 6.07 Å². The maximum Gasteiger partial charge on any atom is 0.446 e. The van der Waals surface area contributed by atoms with Crippen LogP contribution in [0, 0.1) is 0 Å². The molecule has 0 aliphatic carbocycles. The van der Waals surface area contributed by atoms with Gasteiger partial charge in [0.15, 0.2) is 28.3 Å². The lowest BCUT2D eigenvalue weighted by Crippen LogP contribution is -2.09. The Morgan fingerprint density at radius 2 is 1.58 bits per heavy atom. The highest BCUT2D eigenvalue weighted by Crippen LogP contribution is 2.41. The highest BCUT2D eigenvalue weighted by atomic mass is 32.3. The van der Waals surface area contributed by atoms with Gasteiger partial charge in [-0.2, -0.15) is 8.42 Å². The quantitative estimate of drug-likeness (QED) is 0.329. The highest BCUT2D eigenvalue weighted by molar-refractivity contribution is 7.81. The summed E-state index contributed by atoms with van der Waals surface area (Å²) < 4.78 is 40.4. The van der Waals surface area contributed by atoms with E-state index in [2.05, 4.69) is 4.18 Å². The second-order valence-corrected chi connectivity index (χ2v) is 6.16. The summed E-state index contributed by atoms with van der Waals surface area (Å²) in [5.74, 6) is -3.69. The van der Waals surface area contributed by atoms with Crippen molar-refractivity contribution in [2.45, 2.75) is 0 Å². The molecule has 0 bridgehead atoms. The van der Waals surface area contributed by atoms with Crippen molar-refractivity contribution in [2.24, 2.45) is 0 Å². The monoisotopic (exact) mass is 382 g/mol. The molecule has 3 aromatic rings. The van der Waals surface area contributed by atoms with E-state index in [1.807, 2.05) is 0 Å². The summed E-state index contributed by atoms with van der Waals surface area (Å²) in [6.07, 6.45) is 0. The van der Waals surface area contributed by atoms with Gasteiger partial charge >= 0.3 is 10.4 Å². The van der Waals surface area contributed by atoms with Gasteiger partial charge in [-0.25, -0.2) is 0 Å². The van der Waals surface area contributed by atoms with Crippen LogP contribution in [0.1, 0.15) is 0 Å². The molecule has 1 heterocycles. The summed E-state index contributed by atoms with van der Waals surface area (Å²) in [6.45, 7) is 0. The molecule has 0 unspecified atom stereocenters. The molecule has 136 valence electrons. The van der Waals surface area contributed by atoms with Crippen molar-refractivity contribution in [3.05, 3.63) is 40.6 Å². The minimum Gasteiger partial charge on any atom is -0.507 e. The van der Waals surface area contributed by atoms with E-state index in [4.69, 9.17) is 8.97 Å². The van der Waals surface area contributed by atoms with E-state index >= 15 is 0 Å². The molecule has 0 atom stereocenters. The molecule has 0 amide bonds. The maximum absolute atomic E-state index is 12.3. The Kier molecular flexibility index (Phi) is 3.89. The summed E-state index contributed by atoms with van der Waals surface area (Å²) in [6, 6.07) is 5.04. The molecule has 2 aromatic carbocycles. The average molecular weight is 382 g/mol. The predicted molar refractivity (Wildman–Crippen MR) is 86.8 cm³/mol. The van der Waals surface area contributed by atoms with Gasteiger partial charge in [-0.15, -0.1) is 0 Å². The van der Waals surface area contributed by atoms with Crippen LogP contribution in [0.5, 0.6) is 28.7 Å². The summed E-state index contributed by atoms with van der Waals surface area (Å²) in [5.41, 5.74) is -1.37. The Hall–Kier alpha value is -3.44. The lowest BCUT2D eigenvalue weighted by atomic mass is 10.1. The lowest BCUT2D eigenvalue weighted by Gasteiger charge is -2.10. The van der Waals surface area contributed by atoms with Crippen molar-refractivity contribution in [3.63, 3.8) is 0 Å². The Balaban J connectivity index is 2.37. The van der Waals surface area contributed by atoms with Crippen LogP contribution in [0.2, 0.25) is 0 Å². The van der Waals surface area contributed by atoms with Gasteiger partial charge in [0.1, 0.15) is 16.9 Å². The standard InChI is InChI=1S/C15H10O10S/c16-7-2-1-6(3-8(7)17)12-5-10(19)13-9(18)4-11(20)14(15(13)24-12)25-26(21,22)23/h1-5,16-18,20H,(H,21,22,23). The average Bonchev–Trinajstić information content (AvgIpc) is 2.52. The van der Waals surface area contributed by atoms with Crippen molar-refractivity contribution in [1.29, 1.82) is 0 Å². The lowest BCUT2D eigenvalue weighted by molar-refractivity contribution is 0.367. The van der Waals surface area contributed by atoms with Crippen molar-refractivity contribution in [2.75, 3.05) is 0 Å². The Labute approximate surface area is 144 Å². The number of aromatic hydroxyl groups is 4. The van der Waals surface area contributed by atoms with Gasteiger partial charge < -0.3 is 29.0 Å². The van der Waals surface area contributed by atoms with Gasteiger partial charge in [0.2, 0.25) is 5.75 Å². The Bertz CT molecular complexity index is 1190. The third-order valence-corrected chi connectivity index (χ3v) is 3.74. The first-order valence-corrected chi connectivity index (χ1v) is 8.15. The second kappa shape index (κ2) is 5.82. The molecule has 3 rings (SSSR count). The summed E-state index contributed by atoms with van der Waals surface area (Å²) in [5, 5.41) is 38.0. The van der Waals surface area contributed by atoms with Gasteiger partial charge in [-0.3, -0.25) is 9.35 Å². The van der Waals surface area contributed by atoms with Crippen LogP contribution in [0.3, 0.4) is 0 Å². The van der Waals surface area contributed by atoms with Crippen LogP contribution < -0.4 is 9.61 Å². The molecule has 10 nitrogen and oxygen atoms in total. The number of hydrogen-bond donors (Lipinski definition) is 5. The number of fused-ring (bicyclic) bond motifs is 1. The first-order chi connectivity index (χ1) is 12.1. The highest BCUT2D eigenvalue weighted by Gasteiger charge is 2.23. The zero-order valence-corrected chi connectivity index (χ0v) is 13.4. The molecule has 0 aliphatic rings. The topological polar surface area (TPSA) is 175 Å². The molecule has 5 N–H and O–H groups in total. The van der Waals surface area contributed by atoms with Crippen LogP contribution in [0.4, 0.5) is 0 Å². The third kappa shape index (κ3) is 3.08. The minimum atomic E-state index is -5.08. The molecule has 0 aliphatic heterocycles. The first-order valence-electron chi connectivity index (χ1n) is 6.79. The third-order valence-electron chi connectivity index (χ3n) is 3.36. The van der Waals surface area contributed by atoms with E-state index in [1.165, 1.54) is 6.07 Å². The number of hydrogen-bond acceptors (Lipinski definition) is 9. The molecular formula is C15H10O10S. The van der Waals surface area contributed by atoms with Crippen LogP contribution in [0.25, 0.3) is 22.3 Å². The number of phenols is 4. The molecular weight excluding hydrogens is 372 g/mol. The Morgan fingerprint density at radius 3 is 2.19 bits per heavy atom. The SMILES string of the molecule is O=c1cc(-c2ccc(O)c(O)c2)oc2c(OS(=O)(=O)O)c(O)cc(O)c12. The van der Waals surface area contributed by atoms with Crippen LogP contribution >= 0.6 is 0 Å². The fourth-order valence-electron chi connectivity index (χ4n) is 2.28. The normalized spacial score (nSPS) is 11.6. The molecule has 1 aromatic heterocycles. The fraction of sp³-hybridized carbons (Fsp3) is 0. The molecule has 26 heavy (non-hydrogen) atoms. The number of rotatable bonds is 3. The van der Waals surface area contributed by atoms with Crippen LogP contribution in [-0.4, -0.2) is 33.4 Å². The fourth-order valence-corrected chi connectivity index (χ4v) is 2.66. The molecule has 0 fully saturated rings. The molecule has 0 spiro atoms. The molecule has 0 saturated carbocycles. The smallest absolute Gasteiger partial charge is 0.446 e. The predicted octanol–water partition coefficient (Wildman–Crippen LogP) is 1.46. The maximum atomic E-state index is 12.3. The largest absolute Gasteiger partial charge is 0.507 e. The van der Waals surface area contributed by atoms with E-state index < -0.39 is 55.5 Å². The summed E-state index contributed by atoms with van der Waals surface area (Å²) in [7, 11) is -5.08. The van der Waals surface area contributed by atoms with Crippen LogP contribution in [0.15, 0.2) is 39.5 Å². The Morgan fingerprint density at radius 1 is 0.885 bits per heavy atom. The van der Waals surface area contributed by atoms with Gasteiger partial charge in [0, 0.05) is 17.7 Å². The van der Waals surface area contributed by atoms with Gasteiger partial charge in [-0.05, 0) is 18.2 Å². The number of phenolic OH excluding ortho intramolecular Hbond substituents is 4.